The van der Waals surface area contributed by atoms with E-state index in [1.165, 1.54) is 11.1 Å². The third-order valence-corrected chi connectivity index (χ3v) is 2.10. The maximum absolute atomic E-state index is 5.50. The molecule has 0 spiro atoms. The molecule has 0 aliphatic carbocycles. The van der Waals surface area contributed by atoms with E-state index in [9.17, 15) is 0 Å². The maximum atomic E-state index is 5.50. The first-order valence-electron chi connectivity index (χ1n) is 4.46. The molecule has 0 radical (unpaired) electrons. The standard InChI is InChI=1S/C11H16N2/c1-9(13-2)7-10-3-5-11(8-12)6-4-10/h3-6H,7-8,12H2,1-2H3. The SMILES string of the molecule is CN=C(C)Cc1ccc(CN)cc1. The summed E-state index contributed by atoms with van der Waals surface area (Å²) in [7, 11) is 1.82. The van der Waals surface area contributed by atoms with Crippen LogP contribution in [0.2, 0.25) is 0 Å². The Hall–Kier alpha value is -1.15. The lowest BCUT2D eigenvalue weighted by Gasteiger charge is -2.01. The van der Waals surface area contributed by atoms with Gasteiger partial charge in [0.25, 0.3) is 0 Å². The lowest BCUT2D eigenvalue weighted by molar-refractivity contribution is 1.07. The van der Waals surface area contributed by atoms with Crippen molar-refractivity contribution in [2.45, 2.75) is 19.9 Å². The molecule has 0 atom stereocenters. The highest BCUT2D eigenvalue weighted by Crippen LogP contribution is 2.05. The van der Waals surface area contributed by atoms with Gasteiger partial charge in [0.15, 0.2) is 0 Å². The van der Waals surface area contributed by atoms with E-state index in [1.54, 1.807) is 0 Å². The minimum atomic E-state index is 0.612. The van der Waals surface area contributed by atoms with Gasteiger partial charge in [0.2, 0.25) is 0 Å². The van der Waals surface area contributed by atoms with E-state index in [0.717, 1.165) is 12.1 Å². The van der Waals surface area contributed by atoms with Gasteiger partial charge in [0.05, 0.1) is 0 Å². The molecule has 0 aliphatic heterocycles. The average molecular weight is 176 g/mol. The monoisotopic (exact) mass is 176 g/mol. The van der Waals surface area contributed by atoms with E-state index in [4.69, 9.17) is 5.73 Å². The lowest BCUT2D eigenvalue weighted by Crippen LogP contribution is -1.99. The van der Waals surface area contributed by atoms with Gasteiger partial charge in [0, 0.05) is 25.7 Å². The molecule has 0 saturated heterocycles. The van der Waals surface area contributed by atoms with Gasteiger partial charge in [-0.3, -0.25) is 4.99 Å². The number of benzene rings is 1. The van der Waals surface area contributed by atoms with Crippen molar-refractivity contribution in [3.05, 3.63) is 35.4 Å². The molecule has 1 rings (SSSR count). The van der Waals surface area contributed by atoms with Gasteiger partial charge in [-0.2, -0.15) is 0 Å². The van der Waals surface area contributed by atoms with Gasteiger partial charge in [-0.15, -0.1) is 0 Å². The average Bonchev–Trinajstić information content (AvgIpc) is 2.19. The van der Waals surface area contributed by atoms with Crippen LogP contribution in [-0.4, -0.2) is 12.8 Å². The van der Waals surface area contributed by atoms with Crippen LogP contribution >= 0.6 is 0 Å². The third kappa shape index (κ3) is 2.99. The highest BCUT2D eigenvalue weighted by Gasteiger charge is 1.95. The van der Waals surface area contributed by atoms with E-state index < -0.39 is 0 Å². The number of hydrogen-bond acceptors (Lipinski definition) is 2. The number of nitrogens with two attached hydrogens (primary N) is 1. The second-order valence-electron chi connectivity index (χ2n) is 3.16. The van der Waals surface area contributed by atoms with Crippen molar-refractivity contribution in [1.82, 2.24) is 0 Å². The van der Waals surface area contributed by atoms with Crippen molar-refractivity contribution in [3.63, 3.8) is 0 Å². The lowest BCUT2D eigenvalue weighted by atomic mass is 10.1. The minimum Gasteiger partial charge on any atom is -0.326 e. The van der Waals surface area contributed by atoms with Gasteiger partial charge in [-0.1, -0.05) is 24.3 Å². The van der Waals surface area contributed by atoms with Crippen molar-refractivity contribution in [2.24, 2.45) is 10.7 Å². The van der Waals surface area contributed by atoms with Crippen LogP contribution < -0.4 is 5.73 Å². The number of aliphatic imine (C=N–C) groups is 1. The summed E-state index contributed by atoms with van der Waals surface area (Å²) in [5.41, 5.74) is 9.12. The normalized spacial score (nSPS) is 11.8. The highest BCUT2D eigenvalue weighted by molar-refractivity contribution is 5.83. The van der Waals surface area contributed by atoms with Gasteiger partial charge < -0.3 is 5.73 Å². The molecule has 0 aromatic heterocycles. The first kappa shape index (κ1) is 9.93. The van der Waals surface area contributed by atoms with Crippen LogP contribution in [0.4, 0.5) is 0 Å². The number of hydrogen-bond donors (Lipinski definition) is 1. The molecule has 2 heteroatoms. The molecular formula is C11H16N2. The third-order valence-electron chi connectivity index (χ3n) is 2.10. The van der Waals surface area contributed by atoms with E-state index in [0.29, 0.717) is 6.54 Å². The van der Waals surface area contributed by atoms with Crippen LogP contribution in [-0.2, 0) is 13.0 Å². The van der Waals surface area contributed by atoms with Gasteiger partial charge in [0.1, 0.15) is 0 Å². The number of nitrogens with zero attached hydrogens (tertiary/aromatic N) is 1. The van der Waals surface area contributed by atoms with Crippen molar-refractivity contribution in [3.8, 4) is 0 Å². The zero-order chi connectivity index (χ0) is 9.68. The molecule has 1 aromatic carbocycles. The Bertz CT molecular complexity index is 285. The molecule has 0 unspecified atom stereocenters. The first-order chi connectivity index (χ1) is 6.26. The maximum Gasteiger partial charge on any atom is 0.0276 e. The van der Waals surface area contributed by atoms with E-state index in [-0.39, 0.29) is 0 Å². The Morgan fingerprint density at radius 3 is 2.23 bits per heavy atom. The predicted octanol–water partition coefficient (Wildman–Crippen LogP) is 1.78. The summed E-state index contributed by atoms with van der Waals surface area (Å²) in [6.45, 7) is 2.65. The van der Waals surface area contributed by atoms with E-state index >= 15 is 0 Å². The molecular weight excluding hydrogens is 160 g/mol. The van der Waals surface area contributed by atoms with Crippen molar-refractivity contribution in [2.75, 3.05) is 7.05 Å². The summed E-state index contributed by atoms with van der Waals surface area (Å²) < 4.78 is 0. The molecule has 0 heterocycles. The fraction of sp³-hybridized carbons (Fsp3) is 0.364. The molecule has 0 saturated carbocycles. The van der Waals surface area contributed by atoms with Gasteiger partial charge >= 0.3 is 0 Å². The molecule has 0 aliphatic rings. The Balaban J connectivity index is 2.69. The summed E-state index contributed by atoms with van der Waals surface area (Å²) in [5, 5.41) is 0. The van der Waals surface area contributed by atoms with Crippen LogP contribution in [0.5, 0.6) is 0 Å². The molecule has 0 fully saturated rings. The zero-order valence-corrected chi connectivity index (χ0v) is 8.25. The van der Waals surface area contributed by atoms with Crippen LogP contribution in [0.15, 0.2) is 29.3 Å². The fourth-order valence-corrected chi connectivity index (χ4v) is 1.17. The van der Waals surface area contributed by atoms with Crippen LogP contribution in [0, 0.1) is 0 Å². The van der Waals surface area contributed by atoms with Crippen molar-refractivity contribution >= 4 is 5.71 Å². The van der Waals surface area contributed by atoms with Crippen molar-refractivity contribution < 1.29 is 0 Å². The fourth-order valence-electron chi connectivity index (χ4n) is 1.17. The molecule has 0 bridgehead atoms. The topological polar surface area (TPSA) is 38.4 Å². The minimum absolute atomic E-state index is 0.612. The highest BCUT2D eigenvalue weighted by atomic mass is 14.7. The predicted molar refractivity (Wildman–Crippen MR) is 57.1 cm³/mol. The second kappa shape index (κ2) is 4.77. The number of rotatable bonds is 3. The largest absolute Gasteiger partial charge is 0.326 e. The van der Waals surface area contributed by atoms with Crippen LogP contribution in [0.1, 0.15) is 18.1 Å². The molecule has 13 heavy (non-hydrogen) atoms. The summed E-state index contributed by atoms with van der Waals surface area (Å²) in [5.74, 6) is 0. The van der Waals surface area contributed by atoms with Gasteiger partial charge in [-0.05, 0) is 18.1 Å². The van der Waals surface area contributed by atoms with Gasteiger partial charge in [-0.25, -0.2) is 0 Å². The molecule has 2 nitrogen and oxygen atoms in total. The summed E-state index contributed by atoms with van der Waals surface area (Å²) in [4.78, 5) is 4.12. The summed E-state index contributed by atoms with van der Waals surface area (Å²) in [6, 6.07) is 8.35. The smallest absolute Gasteiger partial charge is 0.0276 e. The second-order valence-corrected chi connectivity index (χ2v) is 3.16. The molecule has 70 valence electrons. The zero-order valence-electron chi connectivity index (χ0n) is 8.25. The first-order valence-corrected chi connectivity index (χ1v) is 4.46. The summed E-state index contributed by atoms with van der Waals surface area (Å²) >= 11 is 0. The van der Waals surface area contributed by atoms with Crippen LogP contribution in [0.25, 0.3) is 0 Å². The summed E-state index contributed by atoms with van der Waals surface area (Å²) in [6.07, 6.45) is 0.932. The Morgan fingerprint density at radius 1 is 1.23 bits per heavy atom. The Labute approximate surface area is 79.5 Å². The molecule has 0 amide bonds. The van der Waals surface area contributed by atoms with E-state index in [2.05, 4.69) is 29.3 Å². The Kier molecular flexibility index (Phi) is 3.65. The quantitative estimate of drug-likeness (QED) is 0.700. The van der Waals surface area contributed by atoms with E-state index in [1.807, 2.05) is 14.0 Å². The molecule has 1 aromatic rings. The Morgan fingerprint density at radius 2 is 1.77 bits per heavy atom. The van der Waals surface area contributed by atoms with Crippen LogP contribution in [0.3, 0.4) is 0 Å². The van der Waals surface area contributed by atoms with Crippen molar-refractivity contribution in [1.29, 1.82) is 0 Å². The molecule has 2 N–H and O–H groups in total.